The van der Waals surface area contributed by atoms with E-state index in [1.54, 1.807) is 29.7 Å². The molecule has 23 heavy (non-hydrogen) atoms. The van der Waals surface area contributed by atoms with E-state index >= 15 is 0 Å². The summed E-state index contributed by atoms with van der Waals surface area (Å²) in [4.78, 5) is 16.0. The van der Waals surface area contributed by atoms with Crippen LogP contribution in [0.1, 0.15) is 31.3 Å². The van der Waals surface area contributed by atoms with Crippen molar-refractivity contribution in [2.75, 3.05) is 19.8 Å². The Bertz CT molecular complexity index is 710. The van der Waals surface area contributed by atoms with Crippen molar-refractivity contribution in [3.8, 4) is 5.75 Å². The van der Waals surface area contributed by atoms with E-state index in [4.69, 9.17) is 18.9 Å². The van der Waals surface area contributed by atoms with Crippen LogP contribution in [-0.4, -0.2) is 47.1 Å². The summed E-state index contributed by atoms with van der Waals surface area (Å²) in [6.45, 7) is 6.74. The lowest BCUT2D eigenvalue weighted by Crippen LogP contribution is -2.25. The van der Waals surface area contributed by atoms with Crippen molar-refractivity contribution >= 4 is 11.6 Å². The zero-order valence-electron chi connectivity index (χ0n) is 13.4. The van der Waals surface area contributed by atoms with Gasteiger partial charge in [0.1, 0.15) is 24.1 Å². The number of imidazole rings is 1. The van der Waals surface area contributed by atoms with Gasteiger partial charge in [0.2, 0.25) is 0 Å². The minimum Gasteiger partial charge on any atom is -0.491 e. The SMILES string of the molecule is CCOC(=O)c1cnc2cc(OC[C@@H]3COC(C)(C)O3)ccn12. The lowest BCUT2D eigenvalue weighted by molar-refractivity contribution is -0.141. The van der Waals surface area contributed by atoms with E-state index in [0.29, 0.717) is 36.9 Å². The Balaban J connectivity index is 1.68. The molecule has 0 aromatic carbocycles. The maximum Gasteiger partial charge on any atom is 0.356 e. The van der Waals surface area contributed by atoms with Crippen molar-refractivity contribution in [1.82, 2.24) is 9.38 Å². The second kappa shape index (κ2) is 6.17. The highest BCUT2D eigenvalue weighted by Crippen LogP contribution is 2.23. The molecule has 0 N–H and O–H groups in total. The normalized spacial score (nSPS) is 19.9. The minimum absolute atomic E-state index is 0.101. The minimum atomic E-state index is -0.560. The highest BCUT2D eigenvalue weighted by atomic mass is 16.7. The van der Waals surface area contributed by atoms with Gasteiger partial charge < -0.3 is 18.9 Å². The van der Waals surface area contributed by atoms with E-state index < -0.39 is 11.8 Å². The first-order valence-corrected chi connectivity index (χ1v) is 7.57. The molecular weight excluding hydrogens is 300 g/mol. The second-order valence-electron chi connectivity index (χ2n) is 5.72. The van der Waals surface area contributed by atoms with Crippen LogP contribution in [0.5, 0.6) is 5.75 Å². The standard InChI is InChI=1S/C16H20N2O5/c1-4-20-15(19)13-8-17-14-7-11(5-6-18(13)14)21-9-12-10-22-16(2,3)23-12/h5-8,12H,4,9-10H2,1-3H3/t12-/m1/s1. The van der Waals surface area contributed by atoms with E-state index in [2.05, 4.69) is 4.98 Å². The van der Waals surface area contributed by atoms with Gasteiger partial charge in [-0.15, -0.1) is 0 Å². The second-order valence-corrected chi connectivity index (χ2v) is 5.72. The van der Waals surface area contributed by atoms with Gasteiger partial charge in [0, 0.05) is 12.3 Å². The largest absolute Gasteiger partial charge is 0.491 e. The Morgan fingerprint density at radius 2 is 2.35 bits per heavy atom. The molecule has 0 bridgehead atoms. The van der Waals surface area contributed by atoms with E-state index in [9.17, 15) is 4.79 Å². The van der Waals surface area contributed by atoms with Gasteiger partial charge in [0.25, 0.3) is 0 Å². The zero-order chi connectivity index (χ0) is 16.4. The van der Waals surface area contributed by atoms with Gasteiger partial charge in [0.15, 0.2) is 11.5 Å². The first kappa shape index (κ1) is 15.8. The Morgan fingerprint density at radius 1 is 1.52 bits per heavy atom. The molecule has 0 unspecified atom stereocenters. The fourth-order valence-corrected chi connectivity index (χ4v) is 2.44. The summed E-state index contributed by atoms with van der Waals surface area (Å²) in [5.41, 5.74) is 1.01. The molecule has 1 atom stereocenters. The molecule has 1 saturated heterocycles. The highest BCUT2D eigenvalue weighted by molar-refractivity contribution is 5.88. The maximum atomic E-state index is 11.8. The number of hydrogen-bond donors (Lipinski definition) is 0. The Kier molecular flexibility index (Phi) is 4.23. The van der Waals surface area contributed by atoms with Crippen LogP contribution in [-0.2, 0) is 14.2 Å². The molecule has 0 spiro atoms. The summed E-state index contributed by atoms with van der Waals surface area (Å²) >= 11 is 0. The number of aromatic nitrogens is 2. The first-order valence-electron chi connectivity index (χ1n) is 7.57. The molecule has 2 aromatic heterocycles. The van der Waals surface area contributed by atoms with Crippen LogP contribution in [0.15, 0.2) is 24.5 Å². The number of pyridine rings is 1. The van der Waals surface area contributed by atoms with E-state index in [1.165, 1.54) is 6.20 Å². The fraction of sp³-hybridized carbons (Fsp3) is 0.500. The summed E-state index contributed by atoms with van der Waals surface area (Å²) in [5, 5.41) is 0. The third-order valence-electron chi connectivity index (χ3n) is 3.47. The number of rotatable bonds is 5. The van der Waals surface area contributed by atoms with Gasteiger partial charge >= 0.3 is 5.97 Å². The number of fused-ring (bicyclic) bond motifs is 1. The predicted molar refractivity (Wildman–Crippen MR) is 81.5 cm³/mol. The maximum absolute atomic E-state index is 11.8. The topological polar surface area (TPSA) is 71.3 Å². The summed E-state index contributed by atoms with van der Waals surface area (Å²) in [7, 11) is 0. The lowest BCUT2D eigenvalue weighted by Gasteiger charge is -2.17. The molecule has 0 saturated carbocycles. The molecule has 1 fully saturated rings. The average molecular weight is 320 g/mol. The zero-order valence-corrected chi connectivity index (χ0v) is 13.4. The third kappa shape index (κ3) is 3.46. The molecule has 0 radical (unpaired) electrons. The molecule has 3 heterocycles. The molecule has 7 heteroatoms. The highest BCUT2D eigenvalue weighted by Gasteiger charge is 2.32. The van der Waals surface area contributed by atoms with Gasteiger partial charge in [-0.05, 0) is 26.8 Å². The molecule has 0 aliphatic carbocycles. The van der Waals surface area contributed by atoms with Crippen LogP contribution in [0.3, 0.4) is 0 Å². The van der Waals surface area contributed by atoms with Crippen molar-refractivity contribution in [3.05, 3.63) is 30.2 Å². The van der Waals surface area contributed by atoms with E-state index in [-0.39, 0.29) is 6.10 Å². The summed E-state index contributed by atoms with van der Waals surface area (Å²) in [6.07, 6.45) is 3.13. The number of carbonyl (C=O) groups excluding carboxylic acids is 1. The van der Waals surface area contributed by atoms with Gasteiger partial charge in [-0.3, -0.25) is 4.40 Å². The van der Waals surface area contributed by atoms with Crippen molar-refractivity contribution in [2.45, 2.75) is 32.7 Å². The number of nitrogens with zero attached hydrogens (tertiary/aromatic N) is 2. The van der Waals surface area contributed by atoms with Crippen LogP contribution in [0.25, 0.3) is 5.65 Å². The summed E-state index contributed by atoms with van der Waals surface area (Å²) in [5.74, 6) is -0.297. The summed E-state index contributed by atoms with van der Waals surface area (Å²) < 4.78 is 23.6. The van der Waals surface area contributed by atoms with Crippen LogP contribution in [0.4, 0.5) is 0 Å². The van der Waals surface area contributed by atoms with Crippen molar-refractivity contribution < 1.29 is 23.7 Å². The summed E-state index contributed by atoms with van der Waals surface area (Å²) in [6, 6.07) is 3.54. The number of ether oxygens (including phenoxy) is 4. The van der Waals surface area contributed by atoms with Crippen LogP contribution in [0.2, 0.25) is 0 Å². The van der Waals surface area contributed by atoms with E-state index in [0.717, 1.165) is 0 Å². The van der Waals surface area contributed by atoms with Crippen LogP contribution < -0.4 is 4.74 Å². The van der Waals surface area contributed by atoms with Crippen LogP contribution in [0, 0.1) is 0 Å². The fourth-order valence-electron chi connectivity index (χ4n) is 2.44. The van der Waals surface area contributed by atoms with Crippen LogP contribution >= 0.6 is 0 Å². The van der Waals surface area contributed by atoms with Gasteiger partial charge in [0.05, 0.1) is 19.4 Å². The predicted octanol–water partition coefficient (Wildman–Crippen LogP) is 2.04. The molecular formula is C16H20N2O5. The number of carbonyl (C=O) groups is 1. The van der Waals surface area contributed by atoms with Gasteiger partial charge in [-0.1, -0.05) is 0 Å². The molecule has 1 aliphatic rings. The average Bonchev–Trinajstić information content (AvgIpc) is 3.08. The molecule has 7 nitrogen and oxygen atoms in total. The van der Waals surface area contributed by atoms with E-state index in [1.807, 2.05) is 13.8 Å². The molecule has 3 rings (SSSR count). The van der Waals surface area contributed by atoms with Crippen molar-refractivity contribution in [1.29, 1.82) is 0 Å². The first-order chi connectivity index (χ1) is 11.0. The smallest absolute Gasteiger partial charge is 0.356 e. The van der Waals surface area contributed by atoms with Crippen molar-refractivity contribution in [2.24, 2.45) is 0 Å². The molecule has 2 aromatic rings. The lowest BCUT2D eigenvalue weighted by atomic mass is 10.4. The third-order valence-corrected chi connectivity index (χ3v) is 3.47. The quantitative estimate of drug-likeness (QED) is 0.785. The van der Waals surface area contributed by atoms with Crippen molar-refractivity contribution in [3.63, 3.8) is 0 Å². The Hall–Kier alpha value is -2.12. The van der Waals surface area contributed by atoms with Gasteiger partial charge in [-0.25, -0.2) is 9.78 Å². The molecule has 124 valence electrons. The molecule has 0 amide bonds. The Morgan fingerprint density at radius 3 is 3.04 bits per heavy atom. The number of esters is 1. The Labute approximate surface area is 134 Å². The number of hydrogen-bond acceptors (Lipinski definition) is 6. The molecule has 1 aliphatic heterocycles. The van der Waals surface area contributed by atoms with Gasteiger partial charge in [-0.2, -0.15) is 0 Å². The monoisotopic (exact) mass is 320 g/mol.